The van der Waals surface area contributed by atoms with Gasteiger partial charge in [0.05, 0.1) is 15.6 Å². The summed E-state index contributed by atoms with van der Waals surface area (Å²) < 4.78 is 26.0. The summed E-state index contributed by atoms with van der Waals surface area (Å²) in [6, 6.07) is 4.41. The number of hydrogen-bond donors (Lipinski definition) is 1. The molecular formula is C12H17ClN2O2S. The van der Waals surface area contributed by atoms with Crippen LogP contribution in [0, 0.1) is 11.8 Å². The molecule has 2 N–H and O–H groups in total. The van der Waals surface area contributed by atoms with Gasteiger partial charge in [-0.25, -0.2) is 12.7 Å². The fourth-order valence-electron chi connectivity index (χ4n) is 1.94. The van der Waals surface area contributed by atoms with Gasteiger partial charge in [-0.05, 0) is 36.5 Å². The lowest BCUT2D eigenvalue weighted by Crippen LogP contribution is -2.29. The maximum Gasteiger partial charge on any atom is 0.242 e. The van der Waals surface area contributed by atoms with Gasteiger partial charge in [0, 0.05) is 13.6 Å². The molecule has 0 heterocycles. The average Bonchev–Trinajstić information content (AvgIpc) is 2.98. The number of nitrogens with zero attached hydrogens (tertiary/aromatic N) is 1. The Morgan fingerprint density at radius 2 is 2.11 bits per heavy atom. The monoisotopic (exact) mass is 288 g/mol. The molecule has 1 aromatic carbocycles. The molecule has 1 aromatic rings. The smallest absolute Gasteiger partial charge is 0.242 e. The van der Waals surface area contributed by atoms with Crippen molar-refractivity contribution in [3.63, 3.8) is 0 Å². The fraction of sp³-hybridized carbons (Fsp3) is 0.500. The number of benzene rings is 1. The third-order valence-electron chi connectivity index (χ3n) is 3.44. The molecule has 0 aromatic heterocycles. The van der Waals surface area contributed by atoms with Crippen LogP contribution in [-0.4, -0.2) is 26.3 Å². The first-order chi connectivity index (χ1) is 8.32. The van der Waals surface area contributed by atoms with E-state index < -0.39 is 10.0 Å². The Morgan fingerprint density at radius 1 is 1.50 bits per heavy atom. The molecule has 4 nitrogen and oxygen atoms in total. The van der Waals surface area contributed by atoms with Crippen LogP contribution < -0.4 is 5.73 Å². The Labute approximate surface area is 113 Å². The summed E-state index contributed by atoms with van der Waals surface area (Å²) in [5.74, 6) is 1.10. The average molecular weight is 289 g/mol. The summed E-state index contributed by atoms with van der Waals surface area (Å²) in [5.41, 5.74) is 5.92. The predicted molar refractivity (Wildman–Crippen MR) is 73.0 cm³/mol. The van der Waals surface area contributed by atoms with Crippen LogP contribution >= 0.6 is 11.6 Å². The quantitative estimate of drug-likeness (QED) is 0.864. The minimum absolute atomic E-state index is 0.195. The predicted octanol–water partition coefficient (Wildman–Crippen LogP) is 2.20. The lowest BCUT2D eigenvalue weighted by Gasteiger charge is -2.17. The number of halogens is 1. The van der Waals surface area contributed by atoms with Crippen LogP contribution in [0.25, 0.3) is 0 Å². The normalized spacial score (nSPS) is 23.3. The van der Waals surface area contributed by atoms with Crippen molar-refractivity contribution in [1.82, 2.24) is 4.31 Å². The number of sulfonamides is 1. The van der Waals surface area contributed by atoms with Gasteiger partial charge in [0.15, 0.2) is 0 Å². The van der Waals surface area contributed by atoms with E-state index in [1.54, 1.807) is 7.05 Å². The van der Waals surface area contributed by atoms with Crippen molar-refractivity contribution in [3.05, 3.63) is 23.2 Å². The van der Waals surface area contributed by atoms with Crippen molar-refractivity contribution in [1.29, 1.82) is 0 Å². The summed E-state index contributed by atoms with van der Waals surface area (Å²) in [5, 5.41) is 0.368. The maximum absolute atomic E-state index is 12.3. The maximum atomic E-state index is 12.3. The molecule has 100 valence electrons. The Morgan fingerprint density at radius 3 is 2.61 bits per heavy atom. The molecule has 18 heavy (non-hydrogen) atoms. The minimum atomic E-state index is -3.46. The number of anilines is 1. The van der Waals surface area contributed by atoms with E-state index in [0.29, 0.717) is 23.4 Å². The van der Waals surface area contributed by atoms with Gasteiger partial charge in [0.2, 0.25) is 10.0 Å². The van der Waals surface area contributed by atoms with E-state index in [1.165, 1.54) is 22.5 Å². The summed E-state index contributed by atoms with van der Waals surface area (Å²) in [6.45, 7) is 2.69. The summed E-state index contributed by atoms with van der Waals surface area (Å²) >= 11 is 5.79. The van der Waals surface area contributed by atoms with E-state index in [1.807, 2.05) is 0 Å². The molecule has 2 unspecified atom stereocenters. The van der Waals surface area contributed by atoms with Crippen LogP contribution in [0.5, 0.6) is 0 Å². The molecule has 0 saturated heterocycles. The van der Waals surface area contributed by atoms with Gasteiger partial charge in [-0.3, -0.25) is 0 Å². The lowest BCUT2D eigenvalue weighted by atomic mass is 10.3. The molecule has 2 atom stereocenters. The molecule has 2 rings (SSSR count). The molecule has 0 radical (unpaired) electrons. The van der Waals surface area contributed by atoms with Crippen molar-refractivity contribution in [2.24, 2.45) is 11.8 Å². The number of hydrogen-bond acceptors (Lipinski definition) is 3. The van der Waals surface area contributed by atoms with Gasteiger partial charge < -0.3 is 5.73 Å². The fourth-order valence-corrected chi connectivity index (χ4v) is 3.33. The zero-order valence-corrected chi connectivity index (χ0v) is 12.0. The van der Waals surface area contributed by atoms with Gasteiger partial charge in [0.1, 0.15) is 0 Å². The number of nitrogens with two attached hydrogens (primary N) is 1. The van der Waals surface area contributed by atoms with Crippen molar-refractivity contribution in [2.75, 3.05) is 19.3 Å². The van der Waals surface area contributed by atoms with Crippen LogP contribution in [0.15, 0.2) is 23.1 Å². The van der Waals surface area contributed by atoms with Crippen LogP contribution in [0.3, 0.4) is 0 Å². The Hall–Kier alpha value is -0.780. The van der Waals surface area contributed by atoms with Gasteiger partial charge in [-0.15, -0.1) is 0 Å². The summed E-state index contributed by atoms with van der Waals surface area (Å²) in [6.07, 6.45) is 1.10. The first-order valence-electron chi connectivity index (χ1n) is 5.83. The lowest BCUT2D eigenvalue weighted by molar-refractivity contribution is 0.445. The standard InChI is InChI=1S/C12H17ClN2O2S/c1-8-5-9(8)7-15(2)18(16,17)10-3-4-11(13)12(14)6-10/h3-4,6,8-9H,5,7,14H2,1-2H3. The second-order valence-corrected chi connectivity index (χ2v) is 7.39. The first kappa shape index (κ1) is 13.6. The van der Waals surface area contributed by atoms with Crippen molar-refractivity contribution in [2.45, 2.75) is 18.2 Å². The van der Waals surface area contributed by atoms with Gasteiger partial charge in [-0.2, -0.15) is 0 Å². The highest BCUT2D eigenvalue weighted by molar-refractivity contribution is 7.89. The molecule has 0 bridgehead atoms. The number of nitrogen functional groups attached to an aromatic ring is 1. The van der Waals surface area contributed by atoms with Crippen molar-refractivity contribution >= 4 is 27.3 Å². The van der Waals surface area contributed by atoms with E-state index in [-0.39, 0.29) is 10.6 Å². The van der Waals surface area contributed by atoms with E-state index in [0.717, 1.165) is 6.42 Å². The van der Waals surface area contributed by atoms with E-state index in [2.05, 4.69) is 6.92 Å². The molecule has 1 fully saturated rings. The third kappa shape index (κ3) is 2.63. The van der Waals surface area contributed by atoms with Crippen LogP contribution in [0.4, 0.5) is 5.69 Å². The van der Waals surface area contributed by atoms with Gasteiger partial charge >= 0.3 is 0 Å². The van der Waals surface area contributed by atoms with Crippen LogP contribution in [0.1, 0.15) is 13.3 Å². The highest BCUT2D eigenvalue weighted by atomic mass is 35.5. The molecule has 1 aliphatic rings. The Kier molecular flexibility index (Phi) is 3.58. The zero-order valence-electron chi connectivity index (χ0n) is 10.4. The topological polar surface area (TPSA) is 63.4 Å². The molecule has 0 spiro atoms. The van der Waals surface area contributed by atoms with E-state index >= 15 is 0 Å². The van der Waals surface area contributed by atoms with Crippen LogP contribution in [-0.2, 0) is 10.0 Å². The molecule has 1 aliphatic carbocycles. The molecular weight excluding hydrogens is 272 g/mol. The van der Waals surface area contributed by atoms with Crippen LogP contribution in [0.2, 0.25) is 5.02 Å². The molecule has 1 saturated carbocycles. The highest BCUT2D eigenvalue weighted by Gasteiger charge is 2.36. The third-order valence-corrected chi connectivity index (χ3v) is 5.61. The Balaban J connectivity index is 2.21. The molecule has 0 aliphatic heterocycles. The summed E-state index contributed by atoms with van der Waals surface area (Å²) in [4.78, 5) is 0.195. The molecule has 6 heteroatoms. The van der Waals surface area contributed by atoms with Gasteiger partial charge in [0.25, 0.3) is 0 Å². The SMILES string of the molecule is CC1CC1CN(C)S(=O)(=O)c1ccc(Cl)c(N)c1. The van der Waals surface area contributed by atoms with Crippen molar-refractivity contribution < 1.29 is 8.42 Å². The molecule has 0 amide bonds. The minimum Gasteiger partial charge on any atom is -0.397 e. The van der Waals surface area contributed by atoms with Crippen molar-refractivity contribution in [3.8, 4) is 0 Å². The van der Waals surface area contributed by atoms with Gasteiger partial charge in [-0.1, -0.05) is 18.5 Å². The summed E-state index contributed by atoms with van der Waals surface area (Å²) in [7, 11) is -1.86. The van der Waals surface area contributed by atoms with E-state index in [9.17, 15) is 8.42 Å². The highest BCUT2D eigenvalue weighted by Crippen LogP contribution is 2.38. The number of rotatable bonds is 4. The second-order valence-electron chi connectivity index (χ2n) is 4.94. The second kappa shape index (κ2) is 4.72. The largest absolute Gasteiger partial charge is 0.397 e. The zero-order chi connectivity index (χ0) is 13.5. The Bertz CT molecular complexity index is 559. The van der Waals surface area contributed by atoms with E-state index in [4.69, 9.17) is 17.3 Å². The first-order valence-corrected chi connectivity index (χ1v) is 7.65.